The van der Waals surface area contributed by atoms with Gasteiger partial charge in [-0.1, -0.05) is 18.2 Å². The van der Waals surface area contributed by atoms with Gasteiger partial charge < -0.3 is 30.8 Å². The topological polar surface area (TPSA) is 151 Å². The summed E-state index contributed by atoms with van der Waals surface area (Å²) in [5, 5.41) is 45.8. The maximum Gasteiger partial charge on any atom is 0.416 e. The minimum atomic E-state index is -4.36. The van der Waals surface area contributed by atoms with Gasteiger partial charge in [-0.05, 0) is 38.4 Å². The number of carbonyl (C=O) groups is 2. The van der Waals surface area contributed by atoms with Crippen LogP contribution in [0.2, 0.25) is 0 Å². The zero-order valence-electron chi connectivity index (χ0n) is 17.7. The van der Waals surface area contributed by atoms with E-state index >= 15 is 0 Å². The maximum absolute atomic E-state index is 13.1. The number of rotatable bonds is 8. The fourth-order valence-corrected chi connectivity index (χ4v) is 3.19. The van der Waals surface area contributed by atoms with Crippen LogP contribution in [0.3, 0.4) is 0 Å². The molecule has 1 fully saturated rings. The summed E-state index contributed by atoms with van der Waals surface area (Å²) in [5.41, 5.74) is -1.29. The molecule has 0 unspecified atom stereocenters. The molecule has 0 aromatic heterocycles. The first-order chi connectivity index (χ1) is 14.6. The van der Waals surface area contributed by atoms with Crippen LogP contribution < -0.4 is 5.32 Å². The number of carboxylic acids is 2. The number of hydrogen-bond acceptors (Lipinski definition) is 7. The minimum absolute atomic E-state index is 0.146. The first-order valence-electron chi connectivity index (χ1n) is 9.77. The number of hydrogen-bond donors (Lipinski definition) is 6. The van der Waals surface area contributed by atoms with Crippen LogP contribution in [0.15, 0.2) is 24.3 Å². The molecule has 0 aliphatic carbocycles. The van der Waals surface area contributed by atoms with Crippen LogP contribution in [-0.2, 0) is 22.3 Å². The lowest BCUT2D eigenvalue weighted by Crippen LogP contribution is -2.45. The Labute approximate surface area is 183 Å². The van der Waals surface area contributed by atoms with Gasteiger partial charge in [0.05, 0.1) is 11.2 Å². The first-order valence-corrected chi connectivity index (χ1v) is 9.77. The van der Waals surface area contributed by atoms with Crippen molar-refractivity contribution in [2.75, 3.05) is 19.6 Å². The summed E-state index contributed by atoms with van der Waals surface area (Å²) in [6.07, 6.45) is -8.01. The fourth-order valence-electron chi connectivity index (χ4n) is 3.19. The SMILES string of the molecule is CC(C)(O)CN(Cc1ccccc1C(F)(F)F)[C@H]1CCNC1.O=C(O)[C@H](O)[C@@H](O)C(=O)O. The van der Waals surface area contributed by atoms with Crippen molar-refractivity contribution >= 4 is 11.9 Å². The third kappa shape index (κ3) is 9.09. The Kier molecular flexibility index (Phi) is 10.0. The van der Waals surface area contributed by atoms with Crippen molar-refractivity contribution in [3.63, 3.8) is 0 Å². The van der Waals surface area contributed by atoms with Crippen LogP contribution in [0.5, 0.6) is 0 Å². The van der Waals surface area contributed by atoms with E-state index in [-0.39, 0.29) is 18.2 Å². The highest BCUT2D eigenvalue weighted by Crippen LogP contribution is 2.33. The van der Waals surface area contributed by atoms with E-state index in [0.717, 1.165) is 25.6 Å². The average molecular weight is 466 g/mol. The smallest absolute Gasteiger partial charge is 0.416 e. The molecule has 1 aromatic carbocycles. The van der Waals surface area contributed by atoms with Gasteiger partial charge in [-0.2, -0.15) is 13.2 Å². The number of aliphatic carboxylic acids is 2. The first kappa shape index (κ1) is 27.8. The Balaban J connectivity index is 0.000000433. The van der Waals surface area contributed by atoms with E-state index in [9.17, 15) is 27.9 Å². The predicted octanol–water partition coefficient (Wildman–Crippen LogP) is 0.518. The molecular formula is C20H29F3N2O7. The van der Waals surface area contributed by atoms with Crippen LogP contribution in [0.25, 0.3) is 0 Å². The summed E-state index contributed by atoms with van der Waals surface area (Å²) in [6, 6.07) is 5.81. The number of benzene rings is 1. The number of aliphatic hydroxyl groups is 3. The van der Waals surface area contributed by atoms with E-state index in [1.807, 2.05) is 4.90 Å². The molecule has 3 atom stereocenters. The van der Waals surface area contributed by atoms with Crippen molar-refractivity contribution in [3.8, 4) is 0 Å². The van der Waals surface area contributed by atoms with Gasteiger partial charge in [-0.3, -0.25) is 4.90 Å². The van der Waals surface area contributed by atoms with Crippen LogP contribution in [0.4, 0.5) is 13.2 Å². The summed E-state index contributed by atoms with van der Waals surface area (Å²) in [7, 11) is 0. The normalized spacial score (nSPS) is 18.6. The molecule has 6 N–H and O–H groups in total. The van der Waals surface area contributed by atoms with Gasteiger partial charge in [0, 0.05) is 25.7 Å². The molecule has 32 heavy (non-hydrogen) atoms. The summed E-state index contributed by atoms with van der Waals surface area (Å²) in [5.74, 6) is -3.54. The number of aliphatic hydroxyl groups excluding tert-OH is 2. The van der Waals surface area contributed by atoms with Gasteiger partial charge in [0.2, 0.25) is 0 Å². The molecule has 182 valence electrons. The number of halogens is 3. The molecule has 1 saturated heterocycles. The molecule has 0 saturated carbocycles. The summed E-state index contributed by atoms with van der Waals surface area (Å²) >= 11 is 0. The lowest BCUT2D eigenvalue weighted by molar-refractivity contribution is -0.165. The molecular weight excluding hydrogens is 437 g/mol. The van der Waals surface area contributed by atoms with E-state index in [4.69, 9.17) is 20.4 Å². The van der Waals surface area contributed by atoms with Gasteiger partial charge in [-0.15, -0.1) is 0 Å². The van der Waals surface area contributed by atoms with E-state index in [1.165, 1.54) is 12.1 Å². The molecule has 1 aromatic rings. The van der Waals surface area contributed by atoms with E-state index < -0.39 is 41.5 Å². The molecule has 1 heterocycles. The fraction of sp³-hybridized carbons (Fsp3) is 0.600. The van der Waals surface area contributed by atoms with Crippen molar-refractivity contribution in [2.24, 2.45) is 0 Å². The van der Waals surface area contributed by atoms with Gasteiger partial charge >= 0.3 is 18.1 Å². The zero-order valence-corrected chi connectivity index (χ0v) is 17.7. The van der Waals surface area contributed by atoms with Crippen molar-refractivity contribution in [2.45, 2.75) is 56.8 Å². The maximum atomic E-state index is 13.1. The Hall–Kier alpha value is -2.25. The van der Waals surface area contributed by atoms with Crippen LogP contribution in [0.1, 0.15) is 31.4 Å². The number of carboxylic acid groups (broad SMARTS) is 2. The molecule has 0 radical (unpaired) electrons. The van der Waals surface area contributed by atoms with Gasteiger partial charge in [0.15, 0.2) is 12.2 Å². The zero-order chi connectivity index (χ0) is 24.7. The van der Waals surface area contributed by atoms with E-state index in [0.29, 0.717) is 6.54 Å². The van der Waals surface area contributed by atoms with Crippen LogP contribution >= 0.6 is 0 Å². The lowest BCUT2D eigenvalue weighted by Gasteiger charge is -2.34. The molecule has 1 aliphatic heterocycles. The quantitative estimate of drug-likeness (QED) is 0.322. The lowest BCUT2D eigenvalue weighted by atomic mass is 10.0. The van der Waals surface area contributed by atoms with Gasteiger partial charge in [-0.25, -0.2) is 9.59 Å². The predicted molar refractivity (Wildman–Crippen MR) is 107 cm³/mol. The highest BCUT2D eigenvalue weighted by Gasteiger charge is 2.35. The van der Waals surface area contributed by atoms with Crippen molar-refractivity contribution in [3.05, 3.63) is 35.4 Å². The third-order valence-corrected chi connectivity index (χ3v) is 4.64. The van der Waals surface area contributed by atoms with Gasteiger partial charge in [0.25, 0.3) is 0 Å². The summed E-state index contributed by atoms with van der Waals surface area (Å²) < 4.78 is 39.4. The van der Waals surface area contributed by atoms with Crippen LogP contribution in [-0.4, -0.2) is 85.9 Å². The Morgan fingerprint density at radius 3 is 2.06 bits per heavy atom. The van der Waals surface area contributed by atoms with Crippen molar-refractivity contribution in [1.82, 2.24) is 10.2 Å². The second-order valence-corrected chi connectivity index (χ2v) is 8.09. The number of nitrogens with one attached hydrogen (secondary N) is 1. The van der Waals surface area contributed by atoms with Crippen LogP contribution in [0, 0.1) is 0 Å². The second kappa shape index (κ2) is 11.6. The Bertz CT molecular complexity index is 744. The summed E-state index contributed by atoms with van der Waals surface area (Å²) in [4.78, 5) is 21.5. The largest absolute Gasteiger partial charge is 0.479 e. The monoisotopic (exact) mass is 466 g/mol. The molecule has 2 rings (SSSR count). The molecule has 12 heteroatoms. The minimum Gasteiger partial charge on any atom is -0.479 e. The second-order valence-electron chi connectivity index (χ2n) is 8.09. The third-order valence-electron chi connectivity index (χ3n) is 4.64. The number of alkyl halides is 3. The van der Waals surface area contributed by atoms with E-state index in [2.05, 4.69) is 5.32 Å². The van der Waals surface area contributed by atoms with Crippen molar-refractivity contribution < 1.29 is 48.3 Å². The standard InChI is InChI=1S/C16H23F3N2O.C4H6O6/c1-15(2,22)11-21(13-7-8-20-9-13)10-12-5-3-4-6-14(12)16(17,18)19;5-1(3(7)8)2(6)4(9)10/h3-6,13,20,22H,7-11H2,1-2H3;1-2,5-6H,(H,7,8)(H,9,10)/t13-;1-,2-/m01/s1. The van der Waals surface area contributed by atoms with Gasteiger partial charge in [0.1, 0.15) is 0 Å². The highest BCUT2D eigenvalue weighted by molar-refractivity contribution is 5.83. The summed E-state index contributed by atoms with van der Waals surface area (Å²) in [6.45, 7) is 5.48. The molecule has 9 nitrogen and oxygen atoms in total. The molecule has 0 amide bonds. The molecule has 1 aliphatic rings. The molecule has 0 bridgehead atoms. The Morgan fingerprint density at radius 2 is 1.66 bits per heavy atom. The van der Waals surface area contributed by atoms with E-state index in [1.54, 1.807) is 19.9 Å². The Morgan fingerprint density at radius 1 is 1.12 bits per heavy atom. The molecule has 0 spiro atoms. The average Bonchev–Trinajstić information content (AvgIpc) is 3.20. The van der Waals surface area contributed by atoms with Crippen molar-refractivity contribution in [1.29, 1.82) is 0 Å². The number of nitrogens with zero attached hydrogens (tertiary/aromatic N) is 1. The highest BCUT2D eigenvalue weighted by atomic mass is 19.4.